The van der Waals surface area contributed by atoms with E-state index in [-0.39, 0.29) is 28.5 Å². The lowest BCUT2D eigenvalue weighted by Crippen LogP contribution is -2.07. The van der Waals surface area contributed by atoms with E-state index in [1.54, 1.807) is 100 Å². The number of nitro benzene ring substituents is 2. The molecule has 0 aromatic heterocycles. The van der Waals surface area contributed by atoms with Crippen LogP contribution in [0.4, 0.5) is 11.4 Å². The SMILES string of the molecule is Cc1ccc(C(=O)c2ccccc2)c(C)c1[N+](=O)[O-].Cc1ccc(C(=O)c2ccccc2)c([N+](=O)[O-])c1C. The predicted molar refractivity (Wildman–Crippen MR) is 145 cm³/mol. The molecule has 0 fully saturated rings. The lowest BCUT2D eigenvalue weighted by atomic mass is 9.96. The molecule has 0 bridgehead atoms. The van der Waals surface area contributed by atoms with E-state index in [1.165, 1.54) is 6.07 Å². The molecular weight excluding hydrogens is 484 g/mol. The summed E-state index contributed by atoms with van der Waals surface area (Å²) in [6.07, 6.45) is 0. The summed E-state index contributed by atoms with van der Waals surface area (Å²) in [5.74, 6) is -0.517. The molecule has 0 unspecified atom stereocenters. The summed E-state index contributed by atoms with van der Waals surface area (Å²) in [6, 6.07) is 23.9. The molecule has 8 heteroatoms. The van der Waals surface area contributed by atoms with Gasteiger partial charge in [0.2, 0.25) is 0 Å². The average Bonchev–Trinajstić information content (AvgIpc) is 2.90. The van der Waals surface area contributed by atoms with Crippen molar-refractivity contribution in [3.05, 3.63) is 150 Å². The van der Waals surface area contributed by atoms with Gasteiger partial charge in [-0.05, 0) is 39.3 Å². The van der Waals surface area contributed by atoms with E-state index >= 15 is 0 Å². The minimum absolute atomic E-state index is 0.0155. The van der Waals surface area contributed by atoms with Crippen LogP contribution in [0.25, 0.3) is 0 Å². The standard InChI is InChI=1S/2C15H13NO3/c1-10-8-9-13(11(2)14(10)16(18)19)15(17)12-6-4-3-5-7-12;1-10-8-9-13(14(11(10)2)16(18)19)15(17)12-6-4-3-5-7-12/h2*3-9H,1-2H3. The Hall–Kier alpha value is -4.98. The molecule has 8 nitrogen and oxygen atoms in total. The third-order valence-electron chi connectivity index (χ3n) is 6.26. The molecule has 0 spiro atoms. The molecule has 0 aliphatic carbocycles. The summed E-state index contributed by atoms with van der Waals surface area (Å²) < 4.78 is 0. The maximum absolute atomic E-state index is 12.3. The quantitative estimate of drug-likeness (QED) is 0.158. The second-order valence-corrected chi connectivity index (χ2v) is 8.71. The van der Waals surface area contributed by atoms with E-state index in [4.69, 9.17) is 0 Å². The fraction of sp³-hybridized carbons (Fsp3) is 0.133. The van der Waals surface area contributed by atoms with Gasteiger partial charge in [-0.1, -0.05) is 78.9 Å². The Morgan fingerprint density at radius 1 is 0.526 bits per heavy atom. The van der Waals surface area contributed by atoms with Crippen molar-refractivity contribution in [2.24, 2.45) is 0 Å². The fourth-order valence-corrected chi connectivity index (χ4v) is 4.07. The monoisotopic (exact) mass is 510 g/mol. The Balaban J connectivity index is 0.000000211. The van der Waals surface area contributed by atoms with Crippen LogP contribution in [0, 0.1) is 47.9 Å². The zero-order valence-electron chi connectivity index (χ0n) is 21.4. The first kappa shape index (κ1) is 27.6. The van der Waals surface area contributed by atoms with Crippen molar-refractivity contribution in [1.82, 2.24) is 0 Å². The molecule has 4 aromatic carbocycles. The van der Waals surface area contributed by atoms with Crippen LogP contribution in [0.15, 0.2) is 84.9 Å². The van der Waals surface area contributed by atoms with Crippen LogP contribution in [0.3, 0.4) is 0 Å². The van der Waals surface area contributed by atoms with E-state index < -0.39 is 9.85 Å². The highest BCUT2D eigenvalue weighted by Crippen LogP contribution is 2.29. The number of hydrogen-bond donors (Lipinski definition) is 0. The van der Waals surface area contributed by atoms with Gasteiger partial charge in [0.05, 0.1) is 9.85 Å². The third-order valence-corrected chi connectivity index (χ3v) is 6.26. The normalized spacial score (nSPS) is 10.2. The summed E-state index contributed by atoms with van der Waals surface area (Å²) in [5, 5.41) is 22.2. The minimum atomic E-state index is -0.488. The smallest absolute Gasteiger partial charge is 0.283 e. The summed E-state index contributed by atoms with van der Waals surface area (Å²) >= 11 is 0. The van der Waals surface area contributed by atoms with E-state index in [0.717, 1.165) is 5.56 Å². The average molecular weight is 511 g/mol. The molecule has 0 heterocycles. The van der Waals surface area contributed by atoms with Crippen molar-refractivity contribution in [2.75, 3.05) is 0 Å². The number of ketones is 2. The summed E-state index contributed by atoms with van der Waals surface area (Å²) in [7, 11) is 0. The van der Waals surface area contributed by atoms with E-state index in [9.17, 15) is 29.8 Å². The zero-order valence-corrected chi connectivity index (χ0v) is 21.4. The molecule has 0 saturated carbocycles. The molecule has 38 heavy (non-hydrogen) atoms. The van der Waals surface area contributed by atoms with Crippen molar-refractivity contribution in [2.45, 2.75) is 27.7 Å². The van der Waals surface area contributed by atoms with Crippen molar-refractivity contribution < 1.29 is 19.4 Å². The van der Waals surface area contributed by atoms with Gasteiger partial charge in [0.1, 0.15) is 5.56 Å². The second kappa shape index (κ2) is 11.8. The van der Waals surface area contributed by atoms with Crippen LogP contribution in [-0.4, -0.2) is 21.4 Å². The van der Waals surface area contributed by atoms with Crippen LogP contribution in [-0.2, 0) is 0 Å². The van der Waals surface area contributed by atoms with Gasteiger partial charge in [0, 0.05) is 33.4 Å². The largest absolute Gasteiger partial charge is 0.289 e. The number of nitro groups is 2. The number of carbonyl (C=O) groups excluding carboxylic acids is 2. The van der Waals surface area contributed by atoms with Gasteiger partial charge in [0.25, 0.3) is 11.4 Å². The molecule has 192 valence electrons. The van der Waals surface area contributed by atoms with E-state index in [0.29, 0.717) is 33.4 Å². The van der Waals surface area contributed by atoms with Gasteiger partial charge >= 0.3 is 0 Å². The molecule has 0 saturated heterocycles. The van der Waals surface area contributed by atoms with Crippen LogP contribution in [0.2, 0.25) is 0 Å². The van der Waals surface area contributed by atoms with Crippen LogP contribution in [0.5, 0.6) is 0 Å². The lowest BCUT2D eigenvalue weighted by Gasteiger charge is -2.07. The highest BCUT2D eigenvalue weighted by Gasteiger charge is 2.24. The van der Waals surface area contributed by atoms with Gasteiger partial charge in [-0.2, -0.15) is 0 Å². The highest BCUT2D eigenvalue weighted by molar-refractivity contribution is 6.12. The number of rotatable bonds is 6. The van der Waals surface area contributed by atoms with Gasteiger partial charge in [-0.15, -0.1) is 0 Å². The molecule has 0 aliphatic heterocycles. The van der Waals surface area contributed by atoms with Gasteiger partial charge in [-0.25, -0.2) is 0 Å². The Morgan fingerprint density at radius 3 is 1.42 bits per heavy atom. The van der Waals surface area contributed by atoms with Gasteiger partial charge in [-0.3, -0.25) is 29.8 Å². The molecule has 4 aromatic rings. The van der Waals surface area contributed by atoms with E-state index in [2.05, 4.69) is 0 Å². The van der Waals surface area contributed by atoms with E-state index in [1.807, 2.05) is 6.07 Å². The number of aryl methyl sites for hydroxylation is 2. The lowest BCUT2D eigenvalue weighted by molar-refractivity contribution is -0.386. The van der Waals surface area contributed by atoms with Gasteiger partial charge in [0.15, 0.2) is 11.6 Å². The molecule has 0 N–H and O–H groups in total. The Bertz CT molecular complexity index is 1530. The maximum atomic E-state index is 12.3. The topological polar surface area (TPSA) is 120 Å². The van der Waals surface area contributed by atoms with Crippen molar-refractivity contribution >= 4 is 22.9 Å². The second-order valence-electron chi connectivity index (χ2n) is 8.71. The number of nitrogens with zero attached hydrogens (tertiary/aromatic N) is 2. The minimum Gasteiger partial charge on any atom is -0.289 e. The van der Waals surface area contributed by atoms with Crippen molar-refractivity contribution in [1.29, 1.82) is 0 Å². The maximum Gasteiger partial charge on any atom is 0.283 e. The summed E-state index contributed by atoms with van der Waals surface area (Å²) in [6.45, 7) is 6.73. The first-order valence-corrected chi connectivity index (χ1v) is 11.7. The number of hydrogen-bond acceptors (Lipinski definition) is 6. The number of carbonyl (C=O) groups is 2. The Morgan fingerprint density at radius 2 is 0.947 bits per heavy atom. The van der Waals surface area contributed by atoms with Crippen LogP contribution < -0.4 is 0 Å². The van der Waals surface area contributed by atoms with Gasteiger partial charge < -0.3 is 0 Å². The molecule has 0 amide bonds. The predicted octanol–water partition coefficient (Wildman–Crippen LogP) is 6.89. The van der Waals surface area contributed by atoms with Crippen LogP contribution >= 0.6 is 0 Å². The molecule has 4 rings (SSSR count). The molecule has 0 aliphatic rings. The highest BCUT2D eigenvalue weighted by atomic mass is 16.6. The zero-order chi connectivity index (χ0) is 28.0. The Labute approximate surface area is 219 Å². The Kier molecular flexibility index (Phi) is 8.60. The van der Waals surface area contributed by atoms with Crippen LogP contribution in [0.1, 0.15) is 54.1 Å². The van der Waals surface area contributed by atoms with Crippen molar-refractivity contribution in [3.63, 3.8) is 0 Å². The first-order chi connectivity index (χ1) is 18.0. The molecule has 0 atom stereocenters. The number of benzene rings is 4. The summed E-state index contributed by atoms with van der Waals surface area (Å²) in [4.78, 5) is 46.0. The molecular formula is C30H26N2O6. The fourth-order valence-electron chi connectivity index (χ4n) is 4.07. The molecule has 0 radical (unpaired) electrons. The van der Waals surface area contributed by atoms with Crippen molar-refractivity contribution in [3.8, 4) is 0 Å². The summed E-state index contributed by atoms with van der Waals surface area (Å²) in [5.41, 5.74) is 3.73. The first-order valence-electron chi connectivity index (χ1n) is 11.7. The third kappa shape index (κ3) is 5.87.